The number of hydrogen-bond acceptors (Lipinski definition) is 5. The Labute approximate surface area is 209 Å². The molecule has 5 atom stereocenters. The summed E-state index contributed by atoms with van der Waals surface area (Å²) in [6.45, 7) is 6.33. The molecule has 0 aromatic heterocycles. The van der Waals surface area contributed by atoms with Gasteiger partial charge in [0.2, 0.25) is 0 Å². The molecule has 1 unspecified atom stereocenters. The standard InChI is InChI=1S/C28H28N4O4/c1-26(2)17-13-14-28(26)21(15-17)31(30(25(28)36)18-9-5-4-6-10-18)24(35)27(3)16-29(27)32-22(33)19-11-7-8-12-20(19)23(32)34/h4-12,17,21H,13-16H2,1-3H3/t17-,21-,27+,28+,29?/m1/s1. The third-order valence-corrected chi connectivity index (χ3v) is 9.83. The van der Waals surface area contributed by atoms with Crippen molar-refractivity contribution in [3.63, 3.8) is 0 Å². The van der Waals surface area contributed by atoms with Crippen LogP contribution in [0.4, 0.5) is 5.69 Å². The summed E-state index contributed by atoms with van der Waals surface area (Å²) in [4.78, 5) is 54.8. The number of hydrogen-bond donors (Lipinski definition) is 0. The summed E-state index contributed by atoms with van der Waals surface area (Å²) in [6, 6.07) is 15.8. The molecule has 5 aliphatic rings. The summed E-state index contributed by atoms with van der Waals surface area (Å²) >= 11 is 0. The fraction of sp³-hybridized carbons (Fsp3) is 0.429. The van der Waals surface area contributed by atoms with Gasteiger partial charge in [0, 0.05) is 6.54 Å². The monoisotopic (exact) mass is 484 g/mol. The maximum atomic E-state index is 14.4. The summed E-state index contributed by atoms with van der Waals surface area (Å²) in [7, 11) is 0. The van der Waals surface area contributed by atoms with Crippen molar-refractivity contribution in [2.24, 2.45) is 16.7 Å². The highest BCUT2D eigenvalue weighted by atomic mass is 16.2. The highest BCUT2D eigenvalue weighted by Crippen LogP contribution is 2.70. The van der Waals surface area contributed by atoms with Crippen molar-refractivity contribution >= 4 is 29.3 Å². The number of hydrazine groups is 2. The van der Waals surface area contributed by atoms with E-state index in [1.165, 1.54) is 0 Å². The maximum absolute atomic E-state index is 14.4. The van der Waals surface area contributed by atoms with Gasteiger partial charge in [0.05, 0.1) is 28.3 Å². The number of para-hydroxylation sites is 1. The molecule has 1 spiro atoms. The van der Waals surface area contributed by atoms with Gasteiger partial charge in [-0.15, -0.1) is 0 Å². The average molecular weight is 485 g/mol. The Balaban J connectivity index is 1.28. The van der Waals surface area contributed by atoms with E-state index in [0.717, 1.165) is 24.3 Å². The minimum Gasteiger partial charge on any atom is -0.272 e. The second-order valence-electron chi connectivity index (χ2n) is 11.6. The third-order valence-electron chi connectivity index (χ3n) is 9.83. The largest absolute Gasteiger partial charge is 0.276 e. The van der Waals surface area contributed by atoms with Crippen LogP contribution in [0.3, 0.4) is 0 Å². The van der Waals surface area contributed by atoms with Crippen LogP contribution < -0.4 is 5.01 Å². The number of carbonyl (C=O) groups is 4. The molecule has 2 saturated heterocycles. The molecule has 4 amide bonds. The molecule has 0 N–H and O–H groups in total. The first kappa shape index (κ1) is 21.7. The number of imide groups is 1. The first-order chi connectivity index (χ1) is 17.1. The lowest BCUT2D eigenvalue weighted by molar-refractivity contribution is -0.139. The fourth-order valence-corrected chi connectivity index (χ4v) is 7.60. The van der Waals surface area contributed by atoms with Gasteiger partial charge in [0.15, 0.2) is 0 Å². The van der Waals surface area contributed by atoms with E-state index in [2.05, 4.69) is 13.8 Å². The molecule has 2 aromatic carbocycles. The number of amides is 4. The Bertz CT molecular complexity index is 1340. The number of benzene rings is 2. The maximum Gasteiger partial charge on any atom is 0.276 e. The molecule has 8 nitrogen and oxygen atoms in total. The van der Waals surface area contributed by atoms with E-state index in [9.17, 15) is 19.2 Å². The van der Waals surface area contributed by atoms with E-state index in [4.69, 9.17) is 0 Å². The van der Waals surface area contributed by atoms with Crippen LogP contribution in [0, 0.1) is 16.7 Å². The molecule has 3 aliphatic heterocycles. The van der Waals surface area contributed by atoms with Gasteiger partial charge in [-0.2, -0.15) is 5.01 Å². The molecule has 2 saturated carbocycles. The normalized spacial score (nSPS) is 35.5. The zero-order valence-electron chi connectivity index (χ0n) is 20.6. The highest BCUT2D eigenvalue weighted by Gasteiger charge is 2.77. The van der Waals surface area contributed by atoms with E-state index < -0.39 is 22.8 Å². The Morgan fingerprint density at radius 2 is 1.47 bits per heavy atom. The third kappa shape index (κ3) is 2.29. The topological polar surface area (TPSA) is 81.0 Å². The van der Waals surface area contributed by atoms with E-state index in [1.54, 1.807) is 46.2 Å². The molecule has 0 radical (unpaired) electrons. The summed E-state index contributed by atoms with van der Waals surface area (Å²) < 4.78 is 0. The van der Waals surface area contributed by atoms with Crippen LogP contribution >= 0.6 is 0 Å². The molecule has 2 aromatic rings. The molecule has 2 aliphatic carbocycles. The first-order valence-corrected chi connectivity index (χ1v) is 12.6. The van der Waals surface area contributed by atoms with Gasteiger partial charge in [0.1, 0.15) is 5.54 Å². The number of nitrogens with zero attached hydrogens (tertiary/aromatic N) is 4. The Morgan fingerprint density at radius 3 is 2.08 bits per heavy atom. The number of carbonyl (C=O) groups excluding carboxylic acids is 4. The Morgan fingerprint density at radius 1 is 0.861 bits per heavy atom. The van der Waals surface area contributed by atoms with Crippen molar-refractivity contribution in [3.8, 4) is 0 Å². The Kier molecular flexibility index (Phi) is 4.00. The van der Waals surface area contributed by atoms with Crippen molar-refractivity contribution in [1.82, 2.24) is 15.0 Å². The number of rotatable bonds is 3. The molecule has 3 heterocycles. The van der Waals surface area contributed by atoms with Crippen molar-refractivity contribution in [3.05, 3.63) is 65.7 Å². The lowest BCUT2D eigenvalue weighted by Crippen LogP contribution is -2.54. The van der Waals surface area contributed by atoms with Crippen LogP contribution in [-0.4, -0.2) is 56.8 Å². The summed E-state index contributed by atoms with van der Waals surface area (Å²) in [5.41, 5.74) is -0.591. The number of fused-ring (bicyclic) bond motifs is 2. The highest BCUT2D eigenvalue weighted by molar-refractivity contribution is 6.21. The minimum absolute atomic E-state index is 0.0198. The molecule has 36 heavy (non-hydrogen) atoms. The summed E-state index contributed by atoms with van der Waals surface area (Å²) in [5, 5.41) is 5.92. The van der Waals surface area contributed by atoms with E-state index in [-0.39, 0.29) is 29.8 Å². The first-order valence-electron chi connectivity index (χ1n) is 12.6. The molecule has 4 fully saturated rings. The summed E-state index contributed by atoms with van der Waals surface area (Å²) in [6.07, 6.45) is 2.52. The van der Waals surface area contributed by atoms with Gasteiger partial charge >= 0.3 is 0 Å². The van der Waals surface area contributed by atoms with Crippen LogP contribution in [0.1, 0.15) is 60.7 Å². The second-order valence-corrected chi connectivity index (χ2v) is 11.6. The van der Waals surface area contributed by atoms with Crippen LogP contribution in [0.15, 0.2) is 54.6 Å². The molecule has 2 bridgehead atoms. The zero-order valence-corrected chi connectivity index (χ0v) is 20.6. The lowest BCUT2D eigenvalue weighted by atomic mass is 9.67. The van der Waals surface area contributed by atoms with Crippen LogP contribution in [0.2, 0.25) is 0 Å². The van der Waals surface area contributed by atoms with Gasteiger partial charge in [-0.05, 0) is 61.8 Å². The van der Waals surface area contributed by atoms with Crippen molar-refractivity contribution in [2.75, 3.05) is 11.6 Å². The van der Waals surface area contributed by atoms with E-state index >= 15 is 0 Å². The van der Waals surface area contributed by atoms with Crippen LogP contribution in [-0.2, 0) is 9.59 Å². The van der Waals surface area contributed by atoms with E-state index in [0.29, 0.717) is 22.7 Å². The van der Waals surface area contributed by atoms with Gasteiger partial charge in [0.25, 0.3) is 23.6 Å². The smallest absolute Gasteiger partial charge is 0.272 e. The minimum atomic E-state index is -1.10. The zero-order chi connectivity index (χ0) is 25.2. The quantitative estimate of drug-likeness (QED) is 0.494. The molecule has 184 valence electrons. The second kappa shape index (κ2) is 6.62. The Hall–Kier alpha value is -3.52. The van der Waals surface area contributed by atoms with E-state index in [1.807, 2.05) is 30.3 Å². The van der Waals surface area contributed by atoms with Crippen LogP contribution in [0.25, 0.3) is 0 Å². The summed E-state index contributed by atoms with van der Waals surface area (Å²) in [5.74, 6) is -0.724. The lowest BCUT2D eigenvalue weighted by Gasteiger charge is -2.36. The molecule has 7 rings (SSSR count). The number of anilines is 1. The van der Waals surface area contributed by atoms with Gasteiger partial charge in [-0.25, -0.2) is 15.0 Å². The predicted octanol–water partition coefficient (Wildman–Crippen LogP) is 3.26. The SMILES string of the molecule is CC1(C)[C@@H]2CC[C@]13C(=O)N(c1ccccc1)N(C(=O)[C@]1(C)CN1N1C(=O)c4ccccc4C1=O)[C@@H]3C2. The molecule has 8 heteroatoms. The van der Waals surface area contributed by atoms with Gasteiger partial charge in [-0.3, -0.25) is 19.2 Å². The molecular weight excluding hydrogens is 456 g/mol. The van der Waals surface area contributed by atoms with Crippen LogP contribution in [0.5, 0.6) is 0 Å². The predicted molar refractivity (Wildman–Crippen MR) is 130 cm³/mol. The fourth-order valence-electron chi connectivity index (χ4n) is 7.60. The van der Waals surface area contributed by atoms with Gasteiger partial charge < -0.3 is 0 Å². The van der Waals surface area contributed by atoms with Crippen molar-refractivity contribution in [2.45, 2.75) is 51.6 Å². The average Bonchev–Trinajstić information content (AvgIpc) is 3.14. The molecular formula is C28H28N4O4. The van der Waals surface area contributed by atoms with Crippen molar-refractivity contribution in [1.29, 1.82) is 0 Å². The van der Waals surface area contributed by atoms with Gasteiger partial charge in [-0.1, -0.05) is 44.2 Å². The van der Waals surface area contributed by atoms with Crippen molar-refractivity contribution < 1.29 is 19.2 Å².